The number of rotatable bonds is 6. The predicted octanol–water partition coefficient (Wildman–Crippen LogP) is 11.3. The van der Waals surface area contributed by atoms with Gasteiger partial charge in [-0.3, -0.25) is 0 Å². The van der Waals surface area contributed by atoms with Crippen molar-refractivity contribution in [3.8, 4) is 62.1 Å². The first kappa shape index (κ1) is 16.0. The Labute approximate surface area is 308 Å². The van der Waals surface area contributed by atoms with Crippen LogP contribution in [0.1, 0.15) is 23.3 Å². The van der Waals surface area contributed by atoms with Gasteiger partial charge in [-0.2, -0.15) is 0 Å². The fraction of sp³-hybridized carbons (Fsp3) is 0. The zero-order valence-corrected chi connectivity index (χ0v) is 25.3. The number of benzene rings is 7. The molecule has 0 saturated carbocycles. The minimum Gasteiger partial charge on any atom is -0.309 e. The first-order chi connectivity index (χ1) is 31.4. The Morgan fingerprint density at radius 1 is 0.408 bits per heavy atom. The molecule has 0 unspecified atom stereocenters. The summed E-state index contributed by atoms with van der Waals surface area (Å²) in [5.74, 6) is 0.280. The Morgan fingerprint density at radius 3 is 1.53 bits per heavy atom. The number of para-hydroxylation sites is 2. The summed E-state index contributed by atoms with van der Waals surface area (Å²) in [4.78, 5) is 14.6. The maximum Gasteiger partial charge on any atom is 0.166 e. The zero-order valence-electron chi connectivity index (χ0n) is 42.3. The molecule has 2 aromatic heterocycles. The van der Waals surface area contributed by atoms with Crippen molar-refractivity contribution in [2.75, 3.05) is 0 Å². The van der Waals surface area contributed by atoms with Crippen molar-refractivity contribution in [3.05, 3.63) is 182 Å². The third-order valence-electron chi connectivity index (χ3n) is 7.87. The van der Waals surface area contributed by atoms with Crippen LogP contribution in [0.5, 0.6) is 0 Å². The Morgan fingerprint density at radius 2 is 0.918 bits per heavy atom. The zero-order chi connectivity index (χ0) is 47.4. The third-order valence-corrected chi connectivity index (χ3v) is 7.87. The van der Waals surface area contributed by atoms with Crippen LogP contribution < -0.4 is 0 Å². The molecule has 0 radical (unpaired) electrons. The summed E-state index contributed by atoms with van der Waals surface area (Å²) in [5.41, 5.74) is -0.564. The van der Waals surface area contributed by atoms with Crippen LogP contribution in [0.4, 0.5) is 0 Å². The molecule has 9 aromatic rings. The molecule has 0 bridgehead atoms. The van der Waals surface area contributed by atoms with Crippen LogP contribution in [0.15, 0.2) is 182 Å². The molecule has 0 N–H and O–H groups in total. The van der Waals surface area contributed by atoms with E-state index in [1.165, 1.54) is 22.8 Å². The highest BCUT2D eigenvalue weighted by Gasteiger charge is 2.20. The maximum absolute atomic E-state index is 9.48. The third kappa shape index (κ3) is 5.26. The second-order valence-electron chi connectivity index (χ2n) is 10.8. The molecular weight excluding hydrogens is 597 g/mol. The summed E-state index contributed by atoms with van der Waals surface area (Å²) in [5, 5.41) is -0.391. The maximum atomic E-state index is 9.48. The summed E-state index contributed by atoms with van der Waals surface area (Å²) in [7, 11) is 0. The number of hydrogen-bond acceptors (Lipinski definition) is 3. The van der Waals surface area contributed by atoms with Crippen molar-refractivity contribution in [1.82, 2.24) is 19.5 Å². The Hall–Kier alpha value is -6.65. The average molecular weight is 644 g/mol. The second kappa shape index (κ2) is 12.2. The molecule has 9 rings (SSSR count). The molecule has 0 atom stereocenters. The first-order valence-electron chi connectivity index (χ1n) is 23.6. The van der Waals surface area contributed by atoms with E-state index in [1.807, 2.05) is 0 Å². The SMILES string of the molecule is [2H]c1c([2H])c([2H])c(-c2c([2H])c([2H])c([2H])c(-c3ccc(-n4c5c([2H])c([2H])c([2H])c([2H])c5c5c([2H])c([2H])c([2H])c([2H])c54)c(-c4nc(-c5ccccc5)nc(-c5ccccc5)n4)c3)c2[2H])c([2H])c1[2H]. The van der Waals surface area contributed by atoms with Crippen molar-refractivity contribution in [2.24, 2.45) is 0 Å². The molecule has 0 aliphatic carbocycles. The monoisotopic (exact) mass is 643 g/mol. The first-order valence-corrected chi connectivity index (χ1v) is 15.1. The van der Waals surface area contributed by atoms with E-state index in [0.717, 1.165) is 0 Å². The van der Waals surface area contributed by atoms with Crippen molar-refractivity contribution < 1.29 is 23.3 Å². The lowest BCUT2D eigenvalue weighted by molar-refractivity contribution is 1.06. The number of fused-ring (bicyclic) bond motifs is 3. The van der Waals surface area contributed by atoms with E-state index in [-0.39, 0.29) is 61.7 Å². The molecular formula is C45H30N4. The van der Waals surface area contributed by atoms with Gasteiger partial charge in [-0.25, -0.2) is 15.0 Å². The quantitative estimate of drug-likeness (QED) is 0.181. The van der Waals surface area contributed by atoms with Crippen molar-refractivity contribution >= 4 is 21.8 Å². The molecule has 0 amide bonds. The van der Waals surface area contributed by atoms with Gasteiger partial charge < -0.3 is 4.57 Å². The Balaban J connectivity index is 1.47. The van der Waals surface area contributed by atoms with Gasteiger partial charge >= 0.3 is 0 Å². The fourth-order valence-corrected chi connectivity index (χ4v) is 5.64. The molecule has 230 valence electrons. The Kier molecular flexibility index (Phi) is 3.97. The van der Waals surface area contributed by atoms with Crippen LogP contribution in [-0.4, -0.2) is 19.5 Å². The fourth-order valence-electron chi connectivity index (χ4n) is 5.64. The lowest BCUT2D eigenvalue weighted by Gasteiger charge is -2.16. The van der Waals surface area contributed by atoms with E-state index < -0.39 is 114 Å². The van der Waals surface area contributed by atoms with Crippen LogP contribution in [0.2, 0.25) is 0 Å². The van der Waals surface area contributed by atoms with Gasteiger partial charge in [-0.15, -0.1) is 0 Å². The molecule has 4 heteroatoms. The van der Waals surface area contributed by atoms with Crippen LogP contribution in [0.25, 0.3) is 83.9 Å². The van der Waals surface area contributed by atoms with Gasteiger partial charge in [0.15, 0.2) is 17.5 Å². The summed E-state index contributed by atoms with van der Waals surface area (Å²) < 4.78 is 151. The molecule has 7 aromatic carbocycles. The van der Waals surface area contributed by atoms with Gasteiger partial charge in [0.25, 0.3) is 0 Å². The summed E-state index contributed by atoms with van der Waals surface area (Å²) >= 11 is 0. The van der Waals surface area contributed by atoms with E-state index >= 15 is 0 Å². The molecule has 4 nitrogen and oxygen atoms in total. The summed E-state index contributed by atoms with van der Waals surface area (Å²) in [6.45, 7) is 0. The van der Waals surface area contributed by atoms with Gasteiger partial charge in [0.05, 0.1) is 40.0 Å². The van der Waals surface area contributed by atoms with E-state index in [2.05, 4.69) is 0 Å². The highest BCUT2D eigenvalue weighted by molar-refractivity contribution is 6.09. The highest BCUT2D eigenvalue weighted by Crippen LogP contribution is 2.38. The number of aromatic nitrogens is 4. The van der Waals surface area contributed by atoms with E-state index in [1.54, 1.807) is 60.7 Å². The second-order valence-corrected chi connectivity index (χ2v) is 10.8. The van der Waals surface area contributed by atoms with E-state index in [4.69, 9.17) is 34.1 Å². The summed E-state index contributed by atoms with van der Waals surface area (Å²) in [6.07, 6.45) is 0. The minimum atomic E-state index is -0.736. The van der Waals surface area contributed by atoms with Crippen LogP contribution in [0.3, 0.4) is 0 Å². The molecule has 0 aliphatic rings. The van der Waals surface area contributed by atoms with Gasteiger partial charge in [0.1, 0.15) is 0 Å². The van der Waals surface area contributed by atoms with Crippen LogP contribution in [0, 0.1) is 0 Å². The average Bonchev–Trinajstić information content (AvgIpc) is 3.69. The van der Waals surface area contributed by atoms with Crippen LogP contribution in [-0.2, 0) is 0 Å². The van der Waals surface area contributed by atoms with Gasteiger partial charge in [0.2, 0.25) is 0 Å². The van der Waals surface area contributed by atoms with E-state index in [9.17, 15) is 4.11 Å². The number of hydrogen-bond donors (Lipinski definition) is 0. The molecule has 0 spiro atoms. The van der Waals surface area contributed by atoms with Crippen LogP contribution >= 0.6 is 0 Å². The van der Waals surface area contributed by atoms with Gasteiger partial charge in [-0.1, -0.05) is 151 Å². The molecule has 2 heterocycles. The van der Waals surface area contributed by atoms with Crippen molar-refractivity contribution in [1.29, 1.82) is 0 Å². The lowest BCUT2D eigenvalue weighted by atomic mass is 9.97. The van der Waals surface area contributed by atoms with E-state index in [0.29, 0.717) is 11.1 Å². The van der Waals surface area contributed by atoms with Crippen molar-refractivity contribution in [2.45, 2.75) is 0 Å². The standard InChI is InChI=1S/C45H30N4/c1-4-15-31(16-5-1)34-21-14-22-35(29-34)36-27-28-42(49-40-25-12-10-23-37(40)38-24-11-13-26-41(38)49)39(30-36)45-47-43(32-17-6-2-7-18-32)46-44(48-45)33-19-8-3-9-20-33/h1-30H/i1D,4D,5D,10D,11D,12D,13D,14D,15D,16D,21D,22D,23D,24D,25D,26D,29D. The molecule has 49 heavy (non-hydrogen) atoms. The Bertz CT molecular complexity index is 3400. The molecule has 0 aliphatic heterocycles. The number of nitrogens with zero attached hydrogens (tertiary/aromatic N) is 4. The molecule has 0 fully saturated rings. The largest absolute Gasteiger partial charge is 0.309 e. The molecule has 0 saturated heterocycles. The van der Waals surface area contributed by atoms with Gasteiger partial charge in [-0.05, 0) is 52.5 Å². The highest BCUT2D eigenvalue weighted by atomic mass is 15.1. The summed E-state index contributed by atoms with van der Waals surface area (Å²) in [6, 6.07) is 10.8. The topological polar surface area (TPSA) is 43.6 Å². The van der Waals surface area contributed by atoms with Gasteiger partial charge in [0, 0.05) is 27.5 Å². The van der Waals surface area contributed by atoms with Crippen molar-refractivity contribution in [3.63, 3.8) is 0 Å². The normalized spacial score (nSPS) is 16.1. The lowest BCUT2D eigenvalue weighted by Crippen LogP contribution is -2.04. The minimum absolute atomic E-state index is 0.0124. The predicted molar refractivity (Wildman–Crippen MR) is 201 cm³/mol. The smallest absolute Gasteiger partial charge is 0.166 e.